The van der Waals surface area contributed by atoms with Gasteiger partial charge in [-0.15, -0.1) is 0 Å². The number of piperazine rings is 1. The van der Waals surface area contributed by atoms with Crippen molar-refractivity contribution in [1.82, 2.24) is 9.80 Å². The Hall–Kier alpha value is -2.08. The molecule has 20 heavy (non-hydrogen) atoms. The second-order valence-electron chi connectivity index (χ2n) is 5.09. The van der Waals surface area contributed by atoms with E-state index in [-0.39, 0.29) is 23.6 Å². The highest BCUT2D eigenvalue weighted by atomic mass is 16.4. The van der Waals surface area contributed by atoms with Crippen molar-refractivity contribution in [3.8, 4) is 0 Å². The minimum Gasteiger partial charge on any atom is -0.478 e. The molecule has 6 nitrogen and oxygen atoms in total. The maximum atomic E-state index is 12.2. The molecule has 6 heteroatoms. The molecule has 0 unspecified atom stereocenters. The van der Waals surface area contributed by atoms with Crippen LogP contribution in [0.2, 0.25) is 0 Å². The van der Waals surface area contributed by atoms with Crippen LogP contribution in [0, 0.1) is 0 Å². The Bertz CT molecular complexity index is 522. The van der Waals surface area contributed by atoms with Gasteiger partial charge in [-0.3, -0.25) is 4.79 Å². The number of carbonyl (C=O) groups excluding carboxylic acids is 1. The lowest BCUT2D eigenvalue weighted by atomic mass is 10.1. The van der Waals surface area contributed by atoms with Crippen molar-refractivity contribution in [2.45, 2.75) is 6.42 Å². The number of amides is 1. The lowest BCUT2D eigenvalue weighted by Gasteiger charge is -2.32. The van der Waals surface area contributed by atoms with Gasteiger partial charge in [-0.1, -0.05) is 6.07 Å². The second kappa shape index (κ2) is 5.92. The van der Waals surface area contributed by atoms with E-state index < -0.39 is 5.97 Å². The monoisotopic (exact) mass is 277 g/mol. The van der Waals surface area contributed by atoms with E-state index in [2.05, 4.69) is 4.90 Å². The van der Waals surface area contributed by atoms with Crippen molar-refractivity contribution in [3.63, 3.8) is 0 Å². The van der Waals surface area contributed by atoms with E-state index in [0.29, 0.717) is 5.56 Å². The molecule has 1 saturated heterocycles. The molecule has 0 aromatic heterocycles. The predicted molar refractivity (Wildman–Crippen MR) is 75.6 cm³/mol. The quantitative estimate of drug-likeness (QED) is 0.775. The van der Waals surface area contributed by atoms with E-state index in [4.69, 9.17) is 10.8 Å². The van der Waals surface area contributed by atoms with Crippen molar-refractivity contribution in [2.75, 3.05) is 39.0 Å². The summed E-state index contributed by atoms with van der Waals surface area (Å²) in [5.74, 6) is -1.05. The summed E-state index contributed by atoms with van der Waals surface area (Å²) in [7, 11) is 2.03. The van der Waals surface area contributed by atoms with Gasteiger partial charge in [-0.25, -0.2) is 4.79 Å². The first-order valence-corrected chi connectivity index (χ1v) is 6.55. The van der Waals surface area contributed by atoms with Crippen molar-refractivity contribution >= 4 is 17.6 Å². The van der Waals surface area contributed by atoms with Crippen molar-refractivity contribution in [2.24, 2.45) is 0 Å². The summed E-state index contributed by atoms with van der Waals surface area (Å²) in [6, 6.07) is 4.72. The predicted octanol–water partition coefficient (Wildman–Crippen LogP) is 0.283. The van der Waals surface area contributed by atoms with Crippen LogP contribution in [0.15, 0.2) is 18.2 Å². The normalized spacial score (nSPS) is 16.1. The molecule has 1 aromatic carbocycles. The Labute approximate surface area is 117 Å². The fraction of sp³-hybridized carbons (Fsp3) is 0.429. The van der Waals surface area contributed by atoms with Gasteiger partial charge < -0.3 is 20.6 Å². The van der Waals surface area contributed by atoms with Gasteiger partial charge in [0.05, 0.1) is 12.0 Å². The Balaban J connectivity index is 2.04. The molecule has 2 rings (SSSR count). The second-order valence-corrected chi connectivity index (χ2v) is 5.09. The van der Waals surface area contributed by atoms with E-state index in [9.17, 15) is 9.59 Å². The molecule has 0 spiro atoms. The van der Waals surface area contributed by atoms with Gasteiger partial charge in [0.1, 0.15) is 0 Å². The summed E-state index contributed by atoms with van der Waals surface area (Å²) >= 11 is 0. The van der Waals surface area contributed by atoms with Crippen LogP contribution in [0.25, 0.3) is 0 Å². The number of carboxylic acids is 1. The number of aromatic carboxylic acids is 1. The number of likely N-dealkylation sites (N-methyl/N-ethyl adjacent to an activating group) is 1. The third-order valence-electron chi connectivity index (χ3n) is 3.56. The summed E-state index contributed by atoms with van der Waals surface area (Å²) in [6.07, 6.45) is 0.213. The molecular weight excluding hydrogens is 258 g/mol. The molecule has 0 saturated carbocycles. The zero-order valence-corrected chi connectivity index (χ0v) is 11.5. The zero-order valence-electron chi connectivity index (χ0n) is 11.5. The topological polar surface area (TPSA) is 86.9 Å². The van der Waals surface area contributed by atoms with Crippen molar-refractivity contribution < 1.29 is 14.7 Å². The molecule has 1 aliphatic heterocycles. The Morgan fingerprint density at radius 3 is 2.50 bits per heavy atom. The summed E-state index contributed by atoms with van der Waals surface area (Å²) in [6.45, 7) is 3.17. The van der Waals surface area contributed by atoms with Gasteiger partial charge >= 0.3 is 5.97 Å². The van der Waals surface area contributed by atoms with Crippen molar-refractivity contribution in [3.05, 3.63) is 29.3 Å². The molecule has 1 aliphatic rings. The fourth-order valence-corrected chi connectivity index (χ4v) is 2.24. The SMILES string of the molecule is CN1CCN(C(=O)Cc2ccc(N)c(C(=O)O)c2)CC1. The summed E-state index contributed by atoms with van der Waals surface area (Å²) in [4.78, 5) is 27.2. The standard InChI is InChI=1S/C14H19N3O3/c1-16-4-6-17(7-5-16)13(18)9-10-2-3-12(15)11(8-10)14(19)20/h2-3,8H,4-7,9,15H2,1H3,(H,19,20). The van der Waals surface area contributed by atoms with E-state index >= 15 is 0 Å². The van der Waals surface area contributed by atoms with Gasteiger partial charge in [-0.05, 0) is 24.7 Å². The van der Waals surface area contributed by atoms with E-state index in [1.54, 1.807) is 6.07 Å². The molecule has 0 atom stereocenters. The molecular formula is C14H19N3O3. The molecule has 0 radical (unpaired) electrons. The van der Waals surface area contributed by atoms with Gasteiger partial charge in [0, 0.05) is 31.9 Å². The van der Waals surface area contributed by atoms with Crippen molar-refractivity contribution in [1.29, 1.82) is 0 Å². The molecule has 0 bridgehead atoms. The first kappa shape index (κ1) is 14.3. The first-order valence-electron chi connectivity index (χ1n) is 6.55. The van der Waals surface area contributed by atoms with Crippen LogP contribution in [0.4, 0.5) is 5.69 Å². The van der Waals surface area contributed by atoms with E-state index in [1.165, 1.54) is 12.1 Å². The molecule has 1 aromatic rings. The summed E-state index contributed by atoms with van der Waals surface area (Å²) in [5, 5.41) is 9.02. The number of benzene rings is 1. The number of nitrogens with two attached hydrogens (primary N) is 1. The minimum atomic E-state index is -1.07. The molecule has 1 fully saturated rings. The number of hydrogen-bond donors (Lipinski definition) is 2. The van der Waals surface area contributed by atoms with Crippen LogP contribution in [0.3, 0.4) is 0 Å². The molecule has 108 valence electrons. The summed E-state index contributed by atoms with van der Waals surface area (Å²) in [5.41, 5.74) is 6.54. The average molecular weight is 277 g/mol. The van der Waals surface area contributed by atoms with E-state index in [0.717, 1.165) is 26.2 Å². The van der Waals surface area contributed by atoms with Gasteiger partial charge in [-0.2, -0.15) is 0 Å². The third kappa shape index (κ3) is 3.27. The Morgan fingerprint density at radius 2 is 1.90 bits per heavy atom. The van der Waals surface area contributed by atoms with Crippen LogP contribution in [0.5, 0.6) is 0 Å². The largest absolute Gasteiger partial charge is 0.478 e. The van der Waals surface area contributed by atoms with Crippen LogP contribution < -0.4 is 5.73 Å². The highest BCUT2D eigenvalue weighted by Crippen LogP contribution is 2.15. The Kier molecular flexibility index (Phi) is 4.24. The Morgan fingerprint density at radius 1 is 1.25 bits per heavy atom. The van der Waals surface area contributed by atoms with Crippen LogP contribution in [-0.4, -0.2) is 60.0 Å². The smallest absolute Gasteiger partial charge is 0.337 e. The summed E-state index contributed by atoms with van der Waals surface area (Å²) < 4.78 is 0. The van der Waals surface area contributed by atoms with Gasteiger partial charge in [0.2, 0.25) is 5.91 Å². The molecule has 0 aliphatic carbocycles. The fourth-order valence-electron chi connectivity index (χ4n) is 2.24. The third-order valence-corrected chi connectivity index (χ3v) is 3.56. The van der Waals surface area contributed by atoms with E-state index in [1.807, 2.05) is 11.9 Å². The molecule has 1 amide bonds. The first-order chi connectivity index (χ1) is 9.47. The maximum absolute atomic E-state index is 12.2. The van der Waals surface area contributed by atoms with Crippen LogP contribution in [-0.2, 0) is 11.2 Å². The highest BCUT2D eigenvalue weighted by molar-refractivity contribution is 5.94. The molecule has 3 N–H and O–H groups in total. The number of hydrogen-bond acceptors (Lipinski definition) is 4. The lowest BCUT2D eigenvalue weighted by Crippen LogP contribution is -2.47. The number of carbonyl (C=O) groups is 2. The number of carboxylic acid groups (broad SMARTS) is 1. The van der Waals surface area contributed by atoms with Gasteiger partial charge in [0.15, 0.2) is 0 Å². The highest BCUT2D eigenvalue weighted by Gasteiger charge is 2.19. The number of anilines is 1. The number of nitrogen functional groups attached to an aromatic ring is 1. The lowest BCUT2D eigenvalue weighted by molar-refractivity contribution is -0.132. The number of rotatable bonds is 3. The van der Waals surface area contributed by atoms with Gasteiger partial charge in [0.25, 0.3) is 0 Å². The van der Waals surface area contributed by atoms with Crippen LogP contribution >= 0.6 is 0 Å². The minimum absolute atomic E-state index is 0.0270. The zero-order chi connectivity index (χ0) is 14.7. The maximum Gasteiger partial charge on any atom is 0.337 e. The van der Waals surface area contributed by atoms with Crippen LogP contribution in [0.1, 0.15) is 15.9 Å². The molecule has 1 heterocycles. The average Bonchev–Trinajstić information content (AvgIpc) is 2.41. The number of nitrogens with zero attached hydrogens (tertiary/aromatic N) is 2.